The molecule has 0 bridgehead atoms. The molecule has 0 aliphatic heterocycles. The van der Waals surface area contributed by atoms with Crippen molar-refractivity contribution in [1.82, 2.24) is 9.55 Å². The minimum atomic E-state index is -0.780. The molecule has 32 heavy (non-hydrogen) atoms. The number of nitrogens with two attached hydrogens (primary N) is 1. The number of hydrogen-bond donors (Lipinski definition) is 1. The molecule has 162 valence electrons. The SMILES string of the molecule is COc1ccc(Cl)cc1-c1c(C(N)=O)nc(-c2cccc(C)c2)n1-c1cccc(Cl)c1F. The molecule has 0 unspecified atom stereocenters. The molecule has 4 aromatic rings. The Morgan fingerprint density at radius 2 is 1.84 bits per heavy atom. The highest BCUT2D eigenvalue weighted by molar-refractivity contribution is 6.31. The van der Waals surface area contributed by atoms with Gasteiger partial charge in [-0.3, -0.25) is 9.36 Å². The highest BCUT2D eigenvalue weighted by atomic mass is 35.5. The second-order valence-electron chi connectivity index (χ2n) is 7.12. The van der Waals surface area contributed by atoms with Crippen LogP contribution in [-0.4, -0.2) is 22.6 Å². The number of halogens is 3. The second-order valence-corrected chi connectivity index (χ2v) is 7.96. The van der Waals surface area contributed by atoms with Crippen molar-refractivity contribution in [2.24, 2.45) is 5.73 Å². The van der Waals surface area contributed by atoms with Crippen LogP contribution in [-0.2, 0) is 0 Å². The number of methoxy groups -OCH3 is 1. The van der Waals surface area contributed by atoms with Gasteiger partial charge in [0.2, 0.25) is 0 Å². The zero-order valence-corrected chi connectivity index (χ0v) is 18.7. The molecule has 0 aliphatic rings. The van der Waals surface area contributed by atoms with Crippen LogP contribution in [0.4, 0.5) is 4.39 Å². The van der Waals surface area contributed by atoms with Gasteiger partial charge in [0.25, 0.3) is 5.91 Å². The molecule has 1 aromatic heterocycles. The van der Waals surface area contributed by atoms with Crippen LogP contribution in [0.25, 0.3) is 28.3 Å². The van der Waals surface area contributed by atoms with Gasteiger partial charge in [0.05, 0.1) is 23.5 Å². The predicted octanol–water partition coefficient (Wildman–Crippen LogP) is 6.07. The largest absolute Gasteiger partial charge is 0.496 e. The second kappa shape index (κ2) is 8.65. The number of carbonyl (C=O) groups excluding carboxylic acids is 1. The summed E-state index contributed by atoms with van der Waals surface area (Å²) >= 11 is 12.4. The maximum atomic E-state index is 15.3. The van der Waals surface area contributed by atoms with Crippen LogP contribution in [0, 0.1) is 12.7 Å². The summed E-state index contributed by atoms with van der Waals surface area (Å²) in [4.78, 5) is 17.0. The fourth-order valence-corrected chi connectivity index (χ4v) is 3.92. The quantitative estimate of drug-likeness (QED) is 0.385. The molecule has 0 fully saturated rings. The number of nitrogens with zero attached hydrogens (tertiary/aromatic N) is 2. The smallest absolute Gasteiger partial charge is 0.269 e. The Morgan fingerprint density at radius 3 is 2.53 bits per heavy atom. The Bertz CT molecular complexity index is 1350. The minimum Gasteiger partial charge on any atom is -0.496 e. The first-order valence-electron chi connectivity index (χ1n) is 9.59. The number of hydrogen-bond acceptors (Lipinski definition) is 3. The van der Waals surface area contributed by atoms with Crippen molar-refractivity contribution < 1.29 is 13.9 Å². The van der Waals surface area contributed by atoms with Crippen LogP contribution >= 0.6 is 23.2 Å². The van der Waals surface area contributed by atoms with Crippen molar-refractivity contribution in [3.05, 3.63) is 87.8 Å². The Labute approximate surface area is 194 Å². The number of carbonyl (C=O) groups is 1. The zero-order chi connectivity index (χ0) is 23.0. The molecular weight excluding hydrogens is 452 g/mol. The normalized spacial score (nSPS) is 10.9. The van der Waals surface area contributed by atoms with Gasteiger partial charge >= 0.3 is 0 Å². The number of aromatic nitrogens is 2. The van der Waals surface area contributed by atoms with E-state index in [0.717, 1.165) is 5.56 Å². The third kappa shape index (κ3) is 3.83. The fraction of sp³-hybridized carbons (Fsp3) is 0.0833. The molecule has 8 heteroatoms. The summed E-state index contributed by atoms with van der Waals surface area (Å²) in [7, 11) is 1.48. The molecule has 1 amide bonds. The van der Waals surface area contributed by atoms with E-state index in [9.17, 15) is 4.79 Å². The van der Waals surface area contributed by atoms with Crippen LogP contribution in [0.1, 0.15) is 16.1 Å². The van der Waals surface area contributed by atoms with Crippen LogP contribution in [0.3, 0.4) is 0 Å². The summed E-state index contributed by atoms with van der Waals surface area (Å²) in [6.45, 7) is 1.92. The van der Waals surface area contributed by atoms with Gasteiger partial charge < -0.3 is 10.5 Å². The van der Waals surface area contributed by atoms with Crippen LogP contribution in [0.15, 0.2) is 60.7 Å². The molecule has 1 heterocycles. The maximum absolute atomic E-state index is 15.3. The first-order valence-corrected chi connectivity index (χ1v) is 10.3. The van der Waals surface area contributed by atoms with E-state index in [-0.39, 0.29) is 22.1 Å². The predicted molar refractivity (Wildman–Crippen MR) is 124 cm³/mol. The van der Waals surface area contributed by atoms with Crippen molar-refractivity contribution in [2.75, 3.05) is 7.11 Å². The number of benzene rings is 3. The van der Waals surface area contributed by atoms with E-state index in [4.69, 9.17) is 33.7 Å². The lowest BCUT2D eigenvalue weighted by atomic mass is 10.1. The lowest BCUT2D eigenvalue weighted by Crippen LogP contribution is -2.14. The van der Waals surface area contributed by atoms with Crippen molar-refractivity contribution >= 4 is 29.1 Å². The van der Waals surface area contributed by atoms with E-state index < -0.39 is 11.7 Å². The van der Waals surface area contributed by atoms with Gasteiger partial charge in [-0.2, -0.15) is 0 Å². The van der Waals surface area contributed by atoms with Gasteiger partial charge in [-0.1, -0.05) is 53.0 Å². The van der Waals surface area contributed by atoms with Crippen molar-refractivity contribution in [2.45, 2.75) is 6.92 Å². The summed E-state index contributed by atoms with van der Waals surface area (Å²) < 4.78 is 22.3. The van der Waals surface area contributed by atoms with Gasteiger partial charge in [0, 0.05) is 16.1 Å². The van der Waals surface area contributed by atoms with E-state index >= 15 is 4.39 Å². The van der Waals surface area contributed by atoms with Crippen LogP contribution in [0.5, 0.6) is 5.75 Å². The number of amides is 1. The minimum absolute atomic E-state index is 0.0542. The number of ether oxygens (including phenoxy) is 1. The van der Waals surface area contributed by atoms with Crippen molar-refractivity contribution in [1.29, 1.82) is 0 Å². The average molecular weight is 470 g/mol. The molecule has 2 N–H and O–H groups in total. The maximum Gasteiger partial charge on any atom is 0.269 e. The van der Waals surface area contributed by atoms with Crippen LogP contribution < -0.4 is 10.5 Å². The third-order valence-electron chi connectivity index (χ3n) is 4.98. The van der Waals surface area contributed by atoms with Crippen LogP contribution in [0.2, 0.25) is 10.0 Å². The van der Waals surface area contributed by atoms with E-state index in [1.54, 1.807) is 30.3 Å². The molecule has 0 saturated carbocycles. The number of aryl methyl sites for hydroxylation is 1. The summed E-state index contributed by atoms with van der Waals surface area (Å²) in [5, 5.41) is 0.323. The van der Waals surface area contributed by atoms with Gasteiger partial charge in [0.1, 0.15) is 11.6 Å². The van der Waals surface area contributed by atoms with Crippen molar-refractivity contribution in [3.8, 4) is 34.1 Å². The standard InChI is InChI=1S/C24H18Cl2FN3O2/c1-13-5-3-6-14(11-13)24-29-21(23(28)31)22(16-12-15(25)9-10-19(16)32-2)30(24)18-8-4-7-17(26)20(18)27/h3-12H,1-2H3,(H2,28,31). The molecule has 0 atom stereocenters. The summed E-state index contributed by atoms with van der Waals surface area (Å²) in [6.07, 6.45) is 0. The molecule has 0 aliphatic carbocycles. The Kier molecular flexibility index (Phi) is 5.91. The highest BCUT2D eigenvalue weighted by Crippen LogP contribution is 2.40. The molecular formula is C24H18Cl2FN3O2. The van der Waals surface area contributed by atoms with E-state index in [2.05, 4.69) is 4.98 Å². The molecule has 3 aromatic carbocycles. The first-order chi connectivity index (χ1) is 15.3. The molecule has 0 saturated heterocycles. The third-order valence-corrected chi connectivity index (χ3v) is 5.50. The van der Waals surface area contributed by atoms with E-state index in [1.165, 1.54) is 17.7 Å². The molecule has 4 rings (SSSR count). The van der Waals surface area contributed by atoms with Gasteiger partial charge in [-0.05, 0) is 43.3 Å². The lowest BCUT2D eigenvalue weighted by molar-refractivity contribution is 0.0996. The lowest BCUT2D eigenvalue weighted by Gasteiger charge is -2.16. The number of rotatable bonds is 5. The summed E-state index contributed by atoms with van der Waals surface area (Å²) in [6, 6.07) is 17.0. The Balaban J connectivity index is 2.19. The first kappa shape index (κ1) is 21.9. The highest BCUT2D eigenvalue weighted by Gasteiger charge is 2.28. The monoisotopic (exact) mass is 469 g/mol. The Hall–Kier alpha value is -3.35. The topological polar surface area (TPSA) is 70.1 Å². The summed E-state index contributed by atoms with van der Waals surface area (Å²) in [5.74, 6) is -0.715. The van der Waals surface area contributed by atoms with Gasteiger partial charge in [0.15, 0.2) is 11.5 Å². The molecule has 0 spiro atoms. The summed E-state index contributed by atoms with van der Waals surface area (Å²) in [5.41, 5.74) is 8.06. The van der Waals surface area contributed by atoms with E-state index in [0.29, 0.717) is 27.7 Å². The van der Waals surface area contributed by atoms with Gasteiger partial charge in [-0.25, -0.2) is 9.37 Å². The van der Waals surface area contributed by atoms with Crippen molar-refractivity contribution in [3.63, 3.8) is 0 Å². The average Bonchev–Trinajstić information content (AvgIpc) is 3.16. The van der Waals surface area contributed by atoms with E-state index in [1.807, 2.05) is 31.2 Å². The Morgan fingerprint density at radius 1 is 1.09 bits per heavy atom. The molecule has 0 radical (unpaired) electrons. The zero-order valence-electron chi connectivity index (χ0n) is 17.2. The fourth-order valence-electron chi connectivity index (χ4n) is 3.58. The van der Waals surface area contributed by atoms with Gasteiger partial charge in [-0.15, -0.1) is 0 Å². The number of primary amides is 1. The number of imidazole rings is 1. The molecule has 5 nitrogen and oxygen atoms in total.